The molecular formula is C11H24N2O2. The molecule has 0 aromatic rings. The van der Waals surface area contributed by atoms with Crippen LogP contribution in [-0.2, 0) is 4.74 Å². The SMILES string of the molecule is CN(C)C1(CNCCOCCO)CCC1. The second-order valence-electron chi connectivity index (χ2n) is 4.49. The second kappa shape index (κ2) is 6.43. The van der Waals surface area contributed by atoms with E-state index in [2.05, 4.69) is 24.3 Å². The van der Waals surface area contributed by atoms with E-state index in [1.165, 1.54) is 19.3 Å². The summed E-state index contributed by atoms with van der Waals surface area (Å²) in [5.41, 5.74) is 0.386. The Morgan fingerprint density at radius 3 is 2.53 bits per heavy atom. The van der Waals surface area contributed by atoms with Crippen LogP contribution in [0.1, 0.15) is 19.3 Å². The Morgan fingerprint density at radius 2 is 2.07 bits per heavy atom. The molecule has 0 radical (unpaired) electrons. The lowest BCUT2D eigenvalue weighted by atomic mass is 9.75. The minimum atomic E-state index is 0.113. The maximum Gasteiger partial charge on any atom is 0.0698 e. The number of aliphatic hydroxyl groups is 1. The third kappa shape index (κ3) is 3.72. The Labute approximate surface area is 92.6 Å². The van der Waals surface area contributed by atoms with Gasteiger partial charge in [0.1, 0.15) is 0 Å². The summed E-state index contributed by atoms with van der Waals surface area (Å²) in [6.45, 7) is 3.16. The predicted molar refractivity (Wildman–Crippen MR) is 61.0 cm³/mol. The van der Waals surface area contributed by atoms with E-state index in [-0.39, 0.29) is 6.61 Å². The van der Waals surface area contributed by atoms with Crippen LogP contribution in [-0.4, -0.2) is 62.6 Å². The highest BCUT2D eigenvalue weighted by molar-refractivity contribution is 4.97. The van der Waals surface area contributed by atoms with Gasteiger partial charge in [0.15, 0.2) is 0 Å². The zero-order chi connectivity index (χ0) is 11.1. The average Bonchev–Trinajstić information content (AvgIpc) is 2.13. The number of rotatable bonds is 8. The summed E-state index contributed by atoms with van der Waals surface area (Å²) in [7, 11) is 4.31. The largest absolute Gasteiger partial charge is 0.394 e. The zero-order valence-electron chi connectivity index (χ0n) is 9.96. The van der Waals surface area contributed by atoms with Gasteiger partial charge in [0.25, 0.3) is 0 Å². The van der Waals surface area contributed by atoms with Crippen molar-refractivity contribution < 1.29 is 9.84 Å². The van der Waals surface area contributed by atoms with Crippen molar-refractivity contribution in [3.63, 3.8) is 0 Å². The number of ether oxygens (including phenoxy) is 1. The lowest BCUT2D eigenvalue weighted by Gasteiger charge is -2.47. The van der Waals surface area contributed by atoms with Crippen LogP contribution >= 0.6 is 0 Å². The smallest absolute Gasteiger partial charge is 0.0698 e. The van der Waals surface area contributed by atoms with Gasteiger partial charge in [-0.2, -0.15) is 0 Å². The molecule has 0 aromatic carbocycles. The van der Waals surface area contributed by atoms with Crippen molar-refractivity contribution in [2.45, 2.75) is 24.8 Å². The highest BCUT2D eigenvalue weighted by Gasteiger charge is 2.38. The van der Waals surface area contributed by atoms with Gasteiger partial charge in [0.2, 0.25) is 0 Å². The third-order valence-corrected chi connectivity index (χ3v) is 3.35. The van der Waals surface area contributed by atoms with Crippen molar-refractivity contribution >= 4 is 0 Å². The molecule has 0 atom stereocenters. The molecular weight excluding hydrogens is 192 g/mol. The van der Waals surface area contributed by atoms with Gasteiger partial charge in [-0.05, 0) is 33.4 Å². The monoisotopic (exact) mass is 216 g/mol. The summed E-state index contributed by atoms with van der Waals surface area (Å²) in [5.74, 6) is 0. The standard InChI is InChI=1S/C11H24N2O2/c1-13(2)11(4-3-5-11)10-12-6-8-15-9-7-14/h12,14H,3-10H2,1-2H3. The fraction of sp³-hybridized carbons (Fsp3) is 1.00. The van der Waals surface area contributed by atoms with Gasteiger partial charge >= 0.3 is 0 Å². The van der Waals surface area contributed by atoms with Crippen LogP contribution in [0.3, 0.4) is 0 Å². The minimum absolute atomic E-state index is 0.113. The second-order valence-corrected chi connectivity index (χ2v) is 4.49. The summed E-state index contributed by atoms with van der Waals surface area (Å²) < 4.78 is 5.18. The maximum atomic E-state index is 8.52. The first-order valence-electron chi connectivity index (χ1n) is 5.78. The van der Waals surface area contributed by atoms with Crippen LogP contribution in [0, 0.1) is 0 Å². The molecule has 90 valence electrons. The van der Waals surface area contributed by atoms with Gasteiger partial charge in [-0.25, -0.2) is 0 Å². The van der Waals surface area contributed by atoms with E-state index in [0.29, 0.717) is 18.8 Å². The fourth-order valence-electron chi connectivity index (χ4n) is 2.00. The van der Waals surface area contributed by atoms with Crippen LogP contribution in [0.25, 0.3) is 0 Å². The van der Waals surface area contributed by atoms with Crippen LogP contribution < -0.4 is 5.32 Å². The number of nitrogens with zero attached hydrogens (tertiary/aromatic N) is 1. The lowest BCUT2D eigenvalue weighted by Crippen LogP contribution is -2.56. The first-order valence-corrected chi connectivity index (χ1v) is 5.78. The Hall–Kier alpha value is -0.160. The van der Waals surface area contributed by atoms with Crippen LogP contribution in [0.2, 0.25) is 0 Å². The van der Waals surface area contributed by atoms with Gasteiger partial charge in [0.05, 0.1) is 19.8 Å². The van der Waals surface area contributed by atoms with Crippen molar-refractivity contribution in [2.24, 2.45) is 0 Å². The fourth-order valence-corrected chi connectivity index (χ4v) is 2.00. The highest BCUT2D eigenvalue weighted by atomic mass is 16.5. The molecule has 2 N–H and O–H groups in total. The van der Waals surface area contributed by atoms with E-state index in [0.717, 1.165) is 13.1 Å². The van der Waals surface area contributed by atoms with E-state index < -0.39 is 0 Å². The van der Waals surface area contributed by atoms with E-state index >= 15 is 0 Å². The van der Waals surface area contributed by atoms with Gasteiger partial charge in [-0.1, -0.05) is 0 Å². The van der Waals surface area contributed by atoms with Crippen molar-refractivity contribution in [3.05, 3.63) is 0 Å². The molecule has 15 heavy (non-hydrogen) atoms. The van der Waals surface area contributed by atoms with Crippen molar-refractivity contribution in [3.8, 4) is 0 Å². The molecule has 1 rings (SSSR count). The molecule has 0 heterocycles. The quantitative estimate of drug-likeness (QED) is 0.564. The van der Waals surface area contributed by atoms with Gasteiger partial charge < -0.3 is 20.1 Å². The molecule has 0 spiro atoms. The molecule has 0 amide bonds. The molecule has 4 heteroatoms. The number of hydrogen-bond acceptors (Lipinski definition) is 4. The number of hydrogen-bond donors (Lipinski definition) is 2. The zero-order valence-corrected chi connectivity index (χ0v) is 9.96. The molecule has 1 aliphatic carbocycles. The highest BCUT2D eigenvalue weighted by Crippen LogP contribution is 2.35. The summed E-state index contributed by atoms with van der Waals surface area (Å²) in [6.07, 6.45) is 3.94. The third-order valence-electron chi connectivity index (χ3n) is 3.35. The Bertz CT molecular complexity index is 170. The molecule has 1 saturated carbocycles. The molecule has 1 fully saturated rings. The average molecular weight is 216 g/mol. The summed E-state index contributed by atoms with van der Waals surface area (Å²) in [6, 6.07) is 0. The van der Waals surface area contributed by atoms with E-state index in [1.54, 1.807) is 0 Å². The maximum absolute atomic E-state index is 8.52. The van der Waals surface area contributed by atoms with Crippen LogP contribution in [0.4, 0.5) is 0 Å². The minimum Gasteiger partial charge on any atom is -0.394 e. The first kappa shape index (κ1) is 12.9. The van der Waals surface area contributed by atoms with Crippen molar-refractivity contribution in [2.75, 3.05) is 47.0 Å². The van der Waals surface area contributed by atoms with E-state index in [4.69, 9.17) is 9.84 Å². The Kier molecular flexibility index (Phi) is 5.53. The molecule has 0 unspecified atom stereocenters. The van der Waals surface area contributed by atoms with E-state index in [1.807, 2.05) is 0 Å². The van der Waals surface area contributed by atoms with E-state index in [9.17, 15) is 0 Å². The van der Waals surface area contributed by atoms with Gasteiger partial charge in [0, 0.05) is 18.6 Å². The summed E-state index contributed by atoms with van der Waals surface area (Å²) in [4.78, 5) is 2.33. The molecule has 0 aromatic heterocycles. The van der Waals surface area contributed by atoms with Gasteiger partial charge in [-0.3, -0.25) is 0 Å². The van der Waals surface area contributed by atoms with Crippen LogP contribution in [0.15, 0.2) is 0 Å². The number of aliphatic hydroxyl groups excluding tert-OH is 1. The number of likely N-dealkylation sites (N-methyl/N-ethyl adjacent to an activating group) is 1. The molecule has 0 aliphatic heterocycles. The Balaban J connectivity index is 2.03. The molecule has 0 saturated heterocycles. The van der Waals surface area contributed by atoms with Crippen LogP contribution in [0.5, 0.6) is 0 Å². The van der Waals surface area contributed by atoms with Gasteiger partial charge in [-0.15, -0.1) is 0 Å². The summed E-state index contributed by atoms with van der Waals surface area (Å²) >= 11 is 0. The van der Waals surface area contributed by atoms with Crippen molar-refractivity contribution in [1.29, 1.82) is 0 Å². The number of nitrogens with one attached hydrogen (secondary N) is 1. The molecule has 4 nitrogen and oxygen atoms in total. The van der Waals surface area contributed by atoms with Crippen molar-refractivity contribution in [1.82, 2.24) is 10.2 Å². The normalized spacial score (nSPS) is 19.2. The predicted octanol–water partition coefficient (Wildman–Crippen LogP) is 0.0692. The lowest BCUT2D eigenvalue weighted by molar-refractivity contribution is 0.0538. The molecule has 0 bridgehead atoms. The first-order chi connectivity index (χ1) is 7.21. The Morgan fingerprint density at radius 1 is 1.33 bits per heavy atom. The summed E-state index contributed by atoms with van der Waals surface area (Å²) in [5, 5.41) is 11.9. The topological polar surface area (TPSA) is 44.7 Å². The molecule has 1 aliphatic rings.